The molecule has 2 aromatic rings. The predicted molar refractivity (Wildman–Crippen MR) is 114 cm³/mol. The van der Waals surface area contributed by atoms with Crippen LogP contribution in [-0.2, 0) is 14.3 Å². The molecule has 0 radical (unpaired) electrons. The summed E-state index contributed by atoms with van der Waals surface area (Å²) in [5, 5.41) is 11.1. The van der Waals surface area contributed by atoms with Crippen LogP contribution in [0.1, 0.15) is 36.6 Å². The van der Waals surface area contributed by atoms with Gasteiger partial charge in [0.2, 0.25) is 0 Å². The van der Waals surface area contributed by atoms with Gasteiger partial charge in [0.25, 0.3) is 11.7 Å². The molecular weight excluding hydrogens is 382 g/mol. The first-order valence-corrected chi connectivity index (χ1v) is 9.95. The first-order valence-electron chi connectivity index (χ1n) is 9.95. The summed E-state index contributed by atoms with van der Waals surface area (Å²) in [5.74, 6) is -1.01. The highest BCUT2D eigenvalue weighted by Gasteiger charge is 2.46. The van der Waals surface area contributed by atoms with Gasteiger partial charge in [0.1, 0.15) is 11.5 Å². The van der Waals surface area contributed by atoms with Crippen LogP contribution in [0.2, 0.25) is 0 Å². The van der Waals surface area contributed by atoms with Crippen molar-refractivity contribution in [2.24, 2.45) is 0 Å². The smallest absolute Gasteiger partial charge is 0.295 e. The molecule has 158 valence electrons. The van der Waals surface area contributed by atoms with Gasteiger partial charge in [-0.2, -0.15) is 0 Å². The maximum Gasteiger partial charge on any atom is 0.295 e. The largest absolute Gasteiger partial charge is 0.507 e. The van der Waals surface area contributed by atoms with Crippen molar-refractivity contribution in [2.45, 2.75) is 32.9 Å². The summed E-state index contributed by atoms with van der Waals surface area (Å²) < 4.78 is 10.8. The third kappa shape index (κ3) is 4.24. The Morgan fingerprint density at radius 2 is 1.87 bits per heavy atom. The van der Waals surface area contributed by atoms with Crippen molar-refractivity contribution in [1.82, 2.24) is 4.90 Å². The number of carbonyl (C=O) groups is 2. The van der Waals surface area contributed by atoms with Crippen LogP contribution in [0.4, 0.5) is 0 Å². The van der Waals surface area contributed by atoms with Gasteiger partial charge in [-0.3, -0.25) is 9.59 Å². The number of hydrogen-bond donors (Lipinski definition) is 1. The van der Waals surface area contributed by atoms with E-state index in [0.717, 1.165) is 11.1 Å². The van der Waals surface area contributed by atoms with E-state index in [1.165, 1.54) is 12.0 Å². The summed E-state index contributed by atoms with van der Waals surface area (Å²) >= 11 is 0. The molecule has 3 rings (SSSR count). The highest BCUT2D eigenvalue weighted by Crippen LogP contribution is 2.40. The van der Waals surface area contributed by atoms with Gasteiger partial charge in [-0.1, -0.05) is 36.4 Å². The summed E-state index contributed by atoms with van der Waals surface area (Å²) in [4.78, 5) is 27.4. The lowest BCUT2D eigenvalue weighted by Crippen LogP contribution is -2.33. The van der Waals surface area contributed by atoms with Crippen LogP contribution in [0.3, 0.4) is 0 Å². The molecule has 1 saturated heterocycles. The fourth-order valence-electron chi connectivity index (χ4n) is 3.64. The molecule has 0 aliphatic carbocycles. The molecule has 0 spiro atoms. The van der Waals surface area contributed by atoms with Crippen molar-refractivity contribution < 1.29 is 24.2 Å². The summed E-state index contributed by atoms with van der Waals surface area (Å²) in [5.41, 5.74) is 2.22. The number of Topliss-reactive ketones (excluding diaryl/α,β-unsaturated/α-hetero) is 1. The second-order valence-corrected chi connectivity index (χ2v) is 7.50. The van der Waals surface area contributed by atoms with E-state index in [-0.39, 0.29) is 24.0 Å². The van der Waals surface area contributed by atoms with E-state index in [1.807, 2.05) is 45.0 Å². The molecule has 0 saturated carbocycles. The monoisotopic (exact) mass is 409 g/mol. The van der Waals surface area contributed by atoms with Crippen molar-refractivity contribution in [3.63, 3.8) is 0 Å². The van der Waals surface area contributed by atoms with E-state index < -0.39 is 17.7 Å². The maximum atomic E-state index is 13.0. The lowest BCUT2D eigenvalue weighted by Gasteiger charge is -2.26. The van der Waals surface area contributed by atoms with Gasteiger partial charge in [0.15, 0.2) is 0 Å². The Bertz CT molecular complexity index is 979. The zero-order chi connectivity index (χ0) is 21.8. The number of likely N-dealkylation sites (tertiary alicyclic amines) is 1. The molecule has 1 atom stereocenters. The Balaban J connectivity index is 2.12. The number of ketones is 1. The van der Waals surface area contributed by atoms with Crippen LogP contribution in [0.5, 0.6) is 5.75 Å². The molecule has 0 aromatic heterocycles. The number of aliphatic hydroxyl groups is 1. The Morgan fingerprint density at radius 1 is 1.13 bits per heavy atom. The topological polar surface area (TPSA) is 76.1 Å². The standard InChI is InChI=1S/C24H27NO5/c1-15(2)30-13-12-25-21(19-11-6-5-8-16(19)3)20(23(27)24(25)28)22(26)17-9-7-10-18(14-17)29-4/h5-11,14-15,21,26H,12-13H2,1-4H3/b22-20+. The summed E-state index contributed by atoms with van der Waals surface area (Å²) in [6, 6.07) is 13.7. The predicted octanol–water partition coefficient (Wildman–Crippen LogP) is 3.85. The normalized spacial score (nSPS) is 18.3. The SMILES string of the molecule is COc1cccc(/C(O)=C2\C(=O)C(=O)N(CCOC(C)C)C2c2ccccc2C)c1. The Kier molecular flexibility index (Phi) is 6.57. The molecule has 6 nitrogen and oxygen atoms in total. The first-order chi connectivity index (χ1) is 14.3. The molecule has 1 N–H and O–H groups in total. The van der Waals surface area contributed by atoms with Crippen molar-refractivity contribution in [1.29, 1.82) is 0 Å². The van der Waals surface area contributed by atoms with E-state index in [0.29, 0.717) is 17.9 Å². The van der Waals surface area contributed by atoms with E-state index in [2.05, 4.69) is 0 Å². The lowest BCUT2D eigenvalue weighted by molar-refractivity contribution is -0.140. The second kappa shape index (κ2) is 9.13. The zero-order valence-electron chi connectivity index (χ0n) is 17.7. The first kappa shape index (κ1) is 21.6. The van der Waals surface area contributed by atoms with Gasteiger partial charge in [0.05, 0.1) is 31.4 Å². The molecule has 1 amide bonds. The number of aryl methyl sites for hydroxylation is 1. The van der Waals surface area contributed by atoms with Gasteiger partial charge in [0, 0.05) is 12.1 Å². The molecule has 1 heterocycles. The molecule has 6 heteroatoms. The van der Waals surface area contributed by atoms with Crippen molar-refractivity contribution in [2.75, 3.05) is 20.3 Å². The number of hydrogen-bond acceptors (Lipinski definition) is 5. The average Bonchev–Trinajstić information content (AvgIpc) is 2.98. The number of amides is 1. The van der Waals surface area contributed by atoms with Crippen LogP contribution in [-0.4, -0.2) is 48.1 Å². The Hall–Kier alpha value is -3.12. The molecule has 1 aliphatic heterocycles. The van der Waals surface area contributed by atoms with Gasteiger partial charge < -0.3 is 19.5 Å². The highest BCUT2D eigenvalue weighted by atomic mass is 16.5. The number of nitrogens with zero attached hydrogens (tertiary/aromatic N) is 1. The van der Waals surface area contributed by atoms with Crippen LogP contribution in [0.15, 0.2) is 54.1 Å². The van der Waals surface area contributed by atoms with Gasteiger partial charge in [-0.15, -0.1) is 0 Å². The minimum Gasteiger partial charge on any atom is -0.507 e. The number of benzene rings is 2. The third-order valence-corrected chi connectivity index (χ3v) is 5.15. The van der Waals surface area contributed by atoms with Gasteiger partial charge in [-0.25, -0.2) is 0 Å². The molecule has 2 aromatic carbocycles. The second-order valence-electron chi connectivity index (χ2n) is 7.50. The molecule has 0 bridgehead atoms. The number of rotatable bonds is 7. The van der Waals surface area contributed by atoms with Crippen LogP contribution in [0, 0.1) is 6.92 Å². The van der Waals surface area contributed by atoms with E-state index >= 15 is 0 Å². The van der Waals surface area contributed by atoms with Crippen molar-refractivity contribution >= 4 is 17.4 Å². The van der Waals surface area contributed by atoms with E-state index in [1.54, 1.807) is 24.3 Å². The van der Waals surface area contributed by atoms with E-state index in [4.69, 9.17) is 9.47 Å². The molecule has 1 aliphatic rings. The van der Waals surface area contributed by atoms with Crippen LogP contribution < -0.4 is 4.74 Å². The van der Waals surface area contributed by atoms with E-state index in [9.17, 15) is 14.7 Å². The fraction of sp³-hybridized carbons (Fsp3) is 0.333. The quantitative estimate of drug-likeness (QED) is 0.427. The number of carbonyl (C=O) groups excluding carboxylic acids is 2. The highest BCUT2D eigenvalue weighted by molar-refractivity contribution is 6.46. The summed E-state index contributed by atoms with van der Waals surface area (Å²) in [7, 11) is 1.53. The number of methoxy groups -OCH3 is 1. The summed E-state index contributed by atoms with van der Waals surface area (Å²) in [6.07, 6.45) is 0.00974. The zero-order valence-corrected chi connectivity index (χ0v) is 17.7. The van der Waals surface area contributed by atoms with Crippen LogP contribution >= 0.6 is 0 Å². The van der Waals surface area contributed by atoms with Crippen LogP contribution in [0.25, 0.3) is 5.76 Å². The number of ether oxygens (including phenoxy) is 2. The fourth-order valence-corrected chi connectivity index (χ4v) is 3.64. The molecular formula is C24H27NO5. The van der Waals surface area contributed by atoms with Gasteiger partial charge in [-0.05, 0) is 44.0 Å². The maximum absolute atomic E-state index is 13.0. The summed E-state index contributed by atoms with van der Waals surface area (Å²) in [6.45, 7) is 6.29. The van der Waals surface area contributed by atoms with Crippen molar-refractivity contribution in [3.8, 4) is 5.75 Å². The molecule has 1 fully saturated rings. The molecule has 30 heavy (non-hydrogen) atoms. The third-order valence-electron chi connectivity index (χ3n) is 5.15. The minimum absolute atomic E-state index is 0.00974. The Morgan fingerprint density at radius 3 is 2.53 bits per heavy atom. The average molecular weight is 409 g/mol. The van der Waals surface area contributed by atoms with Crippen molar-refractivity contribution in [3.05, 3.63) is 70.8 Å². The lowest BCUT2D eigenvalue weighted by atomic mass is 9.92. The minimum atomic E-state index is -0.701. The van der Waals surface area contributed by atoms with Gasteiger partial charge >= 0.3 is 0 Å². The number of aliphatic hydroxyl groups excluding tert-OH is 1. The molecule has 1 unspecified atom stereocenters. The Labute approximate surface area is 176 Å².